The summed E-state index contributed by atoms with van der Waals surface area (Å²) < 4.78 is 10.0. The van der Waals surface area contributed by atoms with Gasteiger partial charge in [-0.3, -0.25) is 9.59 Å². The Hall–Kier alpha value is -3.39. The van der Waals surface area contributed by atoms with Crippen LogP contribution < -0.4 is 0 Å². The van der Waals surface area contributed by atoms with E-state index in [1.54, 1.807) is 24.3 Å². The molecule has 0 unspecified atom stereocenters. The van der Waals surface area contributed by atoms with Gasteiger partial charge in [-0.05, 0) is 38.0 Å². The highest BCUT2D eigenvalue weighted by atomic mass is 32.2. The first-order chi connectivity index (χ1) is 15.8. The summed E-state index contributed by atoms with van der Waals surface area (Å²) in [6.07, 6.45) is 1.65. The second kappa shape index (κ2) is 11.0. The highest BCUT2D eigenvalue weighted by Gasteiger charge is 2.27. The molecule has 0 saturated carbocycles. The molecule has 8 heteroatoms. The summed E-state index contributed by atoms with van der Waals surface area (Å²) in [5, 5.41) is 0.516. The standard InChI is InChI=1S/C25H25NO6S/c1-16-9-10-17(2)20(13-16)24(29)18-7-4-5-8-19(18)25(30)32-12-6-11-26-21(27)15-33-22(26)14-23(28)31-3/h4-5,7-10,13-14H,6,11-12,15H2,1-3H3/b22-14+. The van der Waals surface area contributed by atoms with E-state index < -0.39 is 11.9 Å². The van der Waals surface area contributed by atoms with Gasteiger partial charge in [-0.2, -0.15) is 0 Å². The van der Waals surface area contributed by atoms with Crippen molar-refractivity contribution in [3.63, 3.8) is 0 Å². The van der Waals surface area contributed by atoms with Crippen molar-refractivity contribution in [3.05, 3.63) is 81.4 Å². The van der Waals surface area contributed by atoms with Crippen molar-refractivity contribution in [3.8, 4) is 0 Å². The van der Waals surface area contributed by atoms with Crippen molar-refractivity contribution < 1.29 is 28.7 Å². The van der Waals surface area contributed by atoms with Gasteiger partial charge in [-0.15, -0.1) is 0 Å². The van der Waals surface area contributed by atoms with Crippen molar-refractivity contribution in [1.82, 2.24) is 4.90 Å². The van der Waals surface area contributed by atoms with Gasteiger partial charge in [0.05, 0.1) is 36.1 Å². The highest BCUT2D eigenvalue weighted by molar-refractivity contribution is 8.04. The first kappa shape index (κ1) is 24.3. The number of amides is 1. The Morgan fingerprint density at radius 2 is 1.79 bits per heavy atom. The number of ketones is 1. The molecule has 1 aliphatic heterocycles. The predicted molar refractivity (Wildman–Crippen MR) is 125 cm³/mol. The molecule has 1 aliphatic rings. The molecular weight excluding hydrogens is 442 g/mol. The molecule has 172 valence electrons. The van der Waals surface area contributed by atoms with Gasteiger partial charge < -0.3 is 14.4 Å². The Bertz CT molecular complexity index is 1120. The number of rotatable bonds is 8. The second-order valence-electron chi connectivity index (χ2n) is 7.52. The molecule has 3 rings (SSSR count). The minimum Gasteiger partial charge on any atom is -0.466 e. The van der Waals surface area contributed by atoms with Crippen molar-refractivity contribution in [2.24, 2.45) is 0 Å². The summed E-state index contributed by atoms with van der Waals surface area (Å²) in [5.74, 6) is -1.24. The molecule has 1 amide bonds. The van der Waals surface area contributed by atoms with Crippen LogP contribution in [0.15, 0.2) is 53.6 Å². The summed E-state index contributed by atoms with van der Waals surface area (Å²) >= 11 is 1.26. The first-order valence-corrected chi connectivity index (χ1v) is 11.4. The topological polar surface area (TPSA) is 90.0 Å². The largest absolute Gasteiger partial charge is 0.466 e. The molecule has 1 fully saturated rings. The third-order valence-electron chi connectivity index (χ3n) is 5.14. The summed E-state index contributed by atoms with van der Waals surface area (Å²) in [5.41, 5.74) is 2.82. The van der Waals surface area contributed by atoms with Crippen LogP contribution in [0.25, 0.3) is 0 Å². The lowest BCUT2D eigenvalue weighted by atomic mass is 9.94. The molecule has 1 heterocycles. The monoisotopic (exact) mass is 467 g/mol. The minimum absolute atomic E-state index is 0.0603. The van der Waals surface area contributed by atoms with Crippen LogP contribution in [0.3, 0.4) is 0 Å². The second-order valence-corrected chi connectivity index (χ2v) is 8.52. The van der Waals surface area contributed by atoms with Gasteiger partial charge in [0, 0.05) is 17.7 Å². The van der Waals surface area contributed by atoms with E-state index in [2.05, 4.69) is 4.74 Å². The molecule has 0 aliphatic carbocycles. The smallest absolute Gasteiger partial charge is 0.338 e. The van der Waals surface area contributed by atoms with Gasteiger partial charge in [0.1, 0.15) is 0 Å². The van der Waals surface area contributed by atoms with Gasteiger partial charge in [0.25, 0.3) is 0 Å². The normalized spacial score (nSPS) is 14.5. The van der Waals surface area contributed by atoms with E-state index in [0.29, 0.717) is 23.6 Å². The zero-order valence-electron chi connectivity index (χ0n) is 18.8. The first-order valence-electron chi connectivity index (χ1n) is 10.4. The number of aryl methyl sites for hydroxylation is 2. The number of hydrogen-bond donors (Lipinski definition) is 0. The molecular formula is C25H25NO6S. The third kappa shape index (κ3) is 5.90. The number of benzene rings is 2. The van der Waals surface area contributed by atoms with E-state index >= 15 is 0 Å². The van der Waals surface area contributed by atoms with E-state index in [0.717, 1.165) is 11.1 Å². The van der Waals surface area contributed by atoms with Gasteiger partial charge in [0.15, 0.2) is 5.78 Å². The Kier molecular flexibility index (Phi) is 8.06. The molecule has 2 aromatic carbocycles. The number of thioether (sulfide) groups is 1. The van der Waals surface area contributed by atoms with Crippen LogP contribution in [-0.4, -0.2) is 54.5 Å². The molecule has 7 nitrogen and oxygen atoms in total. The Morgan fingerprint density at radius 1 is 1.06 bits per heavy atom. The minimum atomic E-state index is -0.600. The van der Waals surface area contributed by atoms with Crippen LogP contribution in [0.2, 0.25) is 0 Å². The van der Waals surface area contributed by atoms with Crippen LogP contribution in [0.1, 0.15) is 43.8 Å². The number of ether oxygens (including phenoxy) is 2. The van der Waals surface area contributed by atoms with E-state index in [1.165, 1.54) is 29.8 Å². The van der Waals surface area contributed by atoms with Crippen molar-refractivity contribution in [1.29, 1.82) is 0 Å². The molecule has 0 bridgehead atoms. The lowest BCUT2D eigenvalue weighted by molar-refractivity contribution is -0.134. The third-order valence-corrected chi connectivity index (χ3v) is 6.17. The molecule has 0 aromatic heterocycles. The van der Waals surface area contributed by atoms with Gasteiger partial charge >= 0.3 is 11.9 Å². The molecule has 1 saturated heterocycles. The van der Waals surface area contributed by atoms with E-state index in [9.17, 15) is 19.2 Å². The number of hydrogen-bond acceptors (Lipinski definition) is 7. The van der Waals surface area contributed by atoms with Crippen molar-refractivity contribution >= 4 is 35.4 Å². The van der Waals surface area contributed by atoms with Gasteiger partial charge in [-0.25, -0.2) is 9.59 Å². The van der Waals surface area contributed by atoms with Crippen LogP contribution in [0, 0.1) is 13.8 Å². The van der Waals surface area contributed by atoms with E-state index in [1.807, 2.05) is 32.0 Å². The molecule has 2 aromatic rings. The van der Waals surface area contributed by atoms with Gasteiger partial charge in [-0.1, -0.05) is 47.7 Å². The Labute approximate surface area is 196 Å². The lowest BCUT2D eigenvalue weighted by Gasteiger charge is -2.17. The summed E-state index contributed by atoms with van der Waals surface area (Å²) in [6, 6.07) is 12.2. The maximum Gasteiger partial charge on any atom is 0.338 e. The lowest BCUT2D eigenvalue weighted by Crippen LogP contribution is -2.27. The number of methoxy groups -OCH3 is 1. The van der Waals surface area contributed by atoms with Crippen molar-refractivity contribution in [2.75, 3.05) is 26.0 Å². The SMILES string of the molecule is COC(=O)/C=C1/SCC(=O)N1CCCOC(=O)c1ccccc1C(=O)c1cc(C)ccc1C. The average Bonchev–Trinajstić information content (AvgIpc) is 3.16. The fraction of sp³-hybridized carbons (Fsp3) is 0.280. The summed E-state index contributed by atoms with van der Waals surface area (Å²) in [6.45, 7) is 4.12. The zero-order valence-corrected chi connectivity index (χ0v) is 19.6. The van der Waals surface area contributed by atoms with Crippen LogP contribution in [0.5, 0.6) is 0 Å². The predicted octanol–water partition coefficient (Wildman–Crippen LogP) is 3.67. The van der Waals surface area contributed by atoms with Crippen LogP contribution >= 0.6 is 11.8 Å². The molecule has 0 spiro atoms. The molecule has 0 N–H and O–H groups in total. The number of carbonyl (C=O) groups is 4. The maximum absolute atomic E-state index is 13.1. The van der Waals surface area contributed by atoms with Gasteiger partial charge in [0.2, 0.25) is 5.91 Å². The van der Waals surface area contributed by atoms with E-state index in [4.69, 9.17) is 4.74 Å². The number of carbonyl (C=O) groups excluding carboxylic acids is 4. The number of esters is 2. The quantitative estimate of drug-likeness (QED) is 0.253. The fourth-order valence-electron chi connectivity index (χ4n) is 3.38. The fourth-order valence-corrected chi connectivity index (χ4v) is 4.33. The Morgan fingerprint density at radius 3 is 2.52 bits per heavy atom. The molecule has 0 radical (unpaired) electrons. The average molecular weight is 468 g/mol. The zero-order chi connectivity index (χ0) is 24.0. The summed E-state index contributed by atoms with van der Waals surface area (Å²) in [4.78, 5) is 50.9. The van der Waals surface area contributed by atoms with Crippen LogP contribution in [-0.2, 0) is 19.1 Å². The number of nitrogens with zero attached hydrogens (tertiary/aromatic N) is 1. The van der Waals surface area contributed by atoms with E-state index in [-0.39, 0.29) is 35.2 Å². The Balaban J connectivity index is 1.64. The van der Waals surface area contributed by atoms with Crippen molar-refractivity contribution in [2.45, 2.75) is 20.3 Å². The maximum atomic E-state index is 13.1. The van der Waals surface area contributed by atoms with Crippen LogP contribution in [0.4, 0.5) is 0 Å². The molecule has 33 heavy (non-hydrogen) atoms. The molecule has 0 atom stereocenters. The highest BCUT2D eigenvalue weighted by Crippen LogP contribution is 2.29. The summed E-state index contributed by atoms with van der Waals surface area (Å²) in [7, 11) is 1.27.